The summed E-state index contributed by atoms with van der Waals surface area (Å²) < 4.78 is 0. The van der Waals surface area contributed by atoms with Crippen molar-refractivity contribution in [3.8, 4) is 0 Å². The second kappa shape index (κ2) is 9.06. The van der Waals surface area contributed by atoms with Crippen LogP contribution in [-0.2, 0) is 32.1 Å². The van der Waals surface area contributed by atoms with Gasteiger partial charge in [-0.05, 0) is 90.5 Å². The number of hydrogen-bond acceptors (Lipinski definition) is 0. The van der Waals surface area contributed by atoms with Crippen LogP contribution in [0.3, 0.4) is 0 Å². The van der Waals surface area contributed by atoms with Gasteiger partial charge in [-0.15, -0.1) is 0 Å². The van der Waals surface area contributed by atoms with Crippen LogP contribution in [0, 0.1) is 13.8 Å². The number of aryl methyl sites for hydroxylation is 4. The second-order valence-corrected chi connectivity index (χ2v) is 6.67. The molecule has 132 valence electrons. The highest BCUT2D eigenvalue weighted by atomic mass is 14.1. The first kappa shape index (κ1) is 20.5. The smallest absolute Gasteiger partial charge is 0.00254 e. The lowest BCUT2D eigenvalue weighted by atomic mass is 9.90. The summed E-state index contributed by atoms with van der Waals surface area (Å²) in [5, 5.41) is 0. The third-order valence-corrected chi connectivity index (χ3v) is 5.30. The van der Waals surface area contributed by atoms with Gasteiger partial charge in [-0.2, -0.15) is 0 Å². The predicted octanol–water partition coefficient (Wildman–Crippen LogP) is 6.78. The summed E-state index contributed by atoms with van der Waals surface area (Å²) in [6.45, 7) is 13.6. The van der Waals surface area contributed by atoms with Crippen LogP contribution in [0.2, 0.25) is 0 Å². The number of hydrogen-bond donors (Lipinski definition) is 0. The van der Waals surface area contributed by atoms with Gasteiger partial charge in [0.25, 0.3) is 0 Å². The zero-order chi connectivity index (χ0) is 17.0. The molecule has 0 aliphatic rings. The van der Waals surface area contributed by atoms with Crippen LogP contribution in [0.5, 0.6) is 0 Å². The van der Waals surface area contributed by atoms with Gasteiger partial charge >= 0.3 is 0 Å². The van der Waals surface area contributed by atoms with E-state index in [1.54, 1.807) is 0 Å². The molecule has 0 atom stereocenters. The summed E-state index contributed by atoms with van der Waals surface area (Å²) in [5.74, 6) is 0. The topological polar surface area (TPSA) is 0 Å². The highest BCUT2D eigenvalue weighted by molar-refractivity contribution is 5.43. The van der Waals surface area contributed by atoms with E-state index in [1.807, 2.05) is 0 Å². The van der Waals surface area contributed by atoms with E-state index in [1.165, 1.54) is 44.5 Å². The van der Waals surface area contributed by atoms with Crippen molar-refractivity contribution < 1.29 is 0 Å². The van der Waals surface area contributed by atoms with E-state index in [0.717, 1.165) is 32.1 Å². The molecule has 2 aromatic carbocycles. The first-order valence-corrected chi connectivity index (χ1v) is 9.26. The average molecular weight is 325 g/mol. The van der Waals surface area contributed by atoms with E-state index >= 15 is 0 Å². The lowest BCUT2D eigenvalue weighted by molar-refractivity contribution is 1.00. The summed E-state index contributed by atoms with van der Waals surface area (Å²) in [6, 6.07) is 9.69. The van der Waals surface area contributed by atoms with E-state index in [2.05, 4.69) is 65.8 Å². The SMILES string of the molecule is C.CCc1cc(Cc2cc(CC)c(C)c(CC)c2)cc(CC)c1C. The van der Waals surface area contributed by atoms with Gasteiger partial charge in [-0.25, -0.2) is 0 Å². The Morgan fingerprint density at radius 2 is 0.792 bits per heavy atom. The number of benzene rings is 2. The van der Waals surface area contributed by atoms with Crippen LogP contribution in [0.4, 0.5) is 0 Å². The molecular formula is C24H36. The molecule has 0 saturated carbocycles. The molecule has 2 aromatic rings. The molecule has 0 fully saturated rings. The zero-order valence-electron chi connectivity index (χ0n) is 15.8. The van der Waals surface area contributed by atoms with Crippen molar-refractivity contribution in [2.45, 2.75) is 81.1 Å². The van der Waals surface area contributed by atoms with Gasteiger partial charge in [-0.1, -0.05) is 59.4 Å². The molecule has 0 nitrogen and oxygen atoms in total. The van der Waals surface area contributed by atoms with Gasteiger partial charge in [0, 0.05) is 0 Å². The summed E-state index contributed by atoms with van der Waals surface area (Å²) in [6.07, 6.45) is 5.56. The van der Waals surface area contributed by atoms with Gasteiger partial charge in [0.15, 0.2) is 0 Å². The van der Waals surface area contributed by atoms with E-state index in [4.69, 9.17) is 0 Å². The Balaban J connectivity index is 0.00000288. The summed E-state index contributed by atoms with van der Waals surface area (Å²) in [5.41, 5.74) is 12.0. The fraction of sp³-hybridized carbons (Fsp3) is 0.500. The largest absolute Gasteiger partial charge is 0.0776 e. The summed E-state index contributed by atoms with van der Waals surface area (Å²) >= 11 is 0. The molecule has 0 aliphatic carbocycles. The molecule has 0 heterocycles. The molecule has 0 radical (unpaired) electrons. The highest BCUT2D eigenvalue weighted by Gasteiger charge is 2.09. The Labute approximate surface area is 150 Å². The monoisotopic (exact) mass is 324 g/mol. The van der Waals surface area contributed by atoms with Crippen LogP contribution in [0.1, 0.15) is 79.6 Å². The standard InChI is InChI=1S/C23H32.CH4/c1-7-20-12-18(13-21(8-2)16(20)5)11-19-14-22(9-3)17(6)23(10-4)15-19;/h12-15H,7-11H2,1-6H3;1H4. The van der Waals surface area contributed by atoms with Crippen molar-refractivity contribution in [1.82, 2.24) is 0 Å². The van der Waals surface area contributed by atoms with E-state index in [9.17, 15) is 0 Å². The Morgan fingerprint density at radius 1 is 0.542 bits per heavy atom. The minimum atomic E-state index is 0. The third kappa shape index (κ3) is 4.29. The molecule has 0 spiro atoms. The van der Waals surface area contributed by atoms with E-state index in [-0.39, 0.29) is 7.43 Å². The van der Waals surface area contributed by atoms with Crippen LogP contribution in [0.25, 0.3) is 0 Å². The van der Waals surface area contributed by atoms with E-state index < -0.39 is 0 Å². The van der Waals surface area contributed by atoms with Gasteiger partial charge in [0.05, 0.1) is 0 Å². The van der Waals surface area contributed by atoms with Crippen molar-refractivity contribution >= 4 is 0 Å². The van der Waals surface area contributed by atoms with E-state index in [0.29, 0.717) is 0 Å². The maximum absolute atomic E-state index is 2.42. The van der Waals surface area contributed by atoms with Gasteiger partial charge in [0.2, 0.25) is 0 Å². The zero-order valence-corrected chi connectivity index (χ0v) is 15.8. The highest BCUT2D eigenvalue weighted by Crippen LogP contribution is 2.24. The van der Waals surface area contributed by atoms with Gasteiger partial charge < -0.3 is 0 Å². The summed E-state index contributed by atoms with van der Waals surface area (Å²) in [7, 11) is 0. The minimum absolute atomic E-state index is 0. The van der Waals surface area contributed by atoms with Gasteiger partial charge in [-0.3, -0.25) is 0 Å². The normalized spacial score (nSPS) is 10.6. The molecule has 0 amide bonds. The molecule has 0 N–H and O–H groups in total. The molecule has 0 aromatic heterocycles. The lowest BCUT2D eigenvalue weighted by Crippen LogP contribution is -2.01. The lowest BCUT2D eigenvalue weighted by Gasteiger charge is -2.15. The maximum Gasteiger partial charge on any atom is -0.00254 e. The maximum atomic E-state index is 2.42. The molecule has 0 unspecified atom stereocenters. The molecular weight excluding hydrogens is 288 g/mol. The predicted molar refractivity (Wildman–Crippen MR) is 109 cm³/mol. The average Bonchev–Trinajstić information content (AvgIpc) is 2.57. The molecule has 0 bridgehead atoms. The molecule has 24 heavy (non-hydrogen) atoms. The first-order chi connectivity index (χ1) is 11.0. The first-order valence-electron chi connectivity index (χ1n) is 9.26. The molecule has 0 saturated heterocycles. The Morgan fingerprint density at radius 3 is 1.00 bits per heavy atom. The summed E-state index contributed by atoms with van der Waals surface area (Å²) in [4.78, 5) is 0. The molecule has 0 heteroatoms. The van der Waals surface area contributed by atoms with Crippen molar-refractivity contribution in [2.75, 3.05) is 0 Å². The quantitative estimate of drug-likeness (QED) is 0.549. The second-order valence-electron chi connectivity index (χ2n) is 6.67. The van der Waals surface area contributed by atoms with Crippen LogP contribution in [0.15, 0.2) is 24.3 Å². The van der Waals surface area contributed by atoms with Crippen LogP contribution >= 0.6 is 0 Å². The number of rotatable bonds is 6. The fourth-order valence-corrected chi connectivity index (χ4v) is 3.73. The fourth-order valence-electron chi connectivity index (χ4n) is 3.73. The third-order valence-electron chi connectivity index (χ3n) is 5.30. The molecule has 0 aliphatic heterocycles. The Bertz CT molecular complexity index is 567. The van der Waals surface area contributed by atoms with Gasteiger partial charge in [0.1, 0.15) is 0 Å². The van der Waals surface area contributed by atoms with Crippen molar-refractivity contribution in [3.63, 3.8) is 0 Å². The van der Waals surface area contributed by atoms with Crippen molar-refractivity contribution in [3.05, 3.63) is 68.8 Å². The molecule has 2 rings (SSSR count). The van der Waals surface area contributed by atoms with Crippen molar-refractivity contribution in [1.29, 1.82) is 0 Å². The van der Waals surface area contributed by atoms with Crippen LogP contribution in [-0.4, -0.2) is 0 Å². The Kier molecular flexibility index (Phi) is 7.73. The van der Waals surface area contributed by atoms with Crippen LogP contribution < -0.4 is 0 Å². The minimum Gasteiger partial charge on any atom is -0.0776 e. The Hall–Kier alpha value is -1.56. The van der Waals surface area contributed by atoms with Crippen molar-refractivity contribution in [2.24, 2.45) is 0 Å².